The van der Waals surface area contributed by atoms with Gasteiger partial charge in [-0.15, -0.1) is 0 Å². The predicted molar refractivity (Wildman–Crippen MR) is 48.4 cm³/mol. The first-order valence-corrected chi connectivity index (χ1v) is 4.67. The van der Waals surface area contributed by atoms with Crippen LogP contribution in [0.25, 0.3) is 0 Å². The van der Waals surface area contributed by atoms with Gasteiger partial charge in [0.1, 0.15) is 0 Å². The fraction of sp³-hybridized carbons (Fsp3) is 0.818. The lowest BCUT2D eigenvalue weighted by Gasteiger charge is -2.35. The van der Waals surface area contributed by atoms with Crippen molar-refractivity contribution in [1.82, 2.24) is 0 Å². The van der Waals surface area contributed by atoms with Gasteiger partial charge in [-0.05, 0) is 36.0 Å². The summed E-state index contributed by atoms with van der Waals surface area (Å²) in [6.07, 6.45) is 4.11. The van der Waals surface area contributed by atoms with E-state index in [0.29, 0.717) is 10.8 Å². The summed E-state index contributed by atoms with van der Waals surface area (Å²) in [6.45, 7) is 11.4. The minimum atomic E-state index is 0.470. The Labute approximate surface area is 69.7 Å². The Morgan fingerprint density at radius 3 is 2.18 bits per heavy atom. The smallest absolute Gasteiger partial charge is 0.00650 e. The third-order valence-electron chi connectivity index (χ3n) is 4.71. The number of hydrogen-bond donors (Lipinski definition) is 0. The number of rotatable bonds is 0. The predicted octanol–water partition coefficient (Wildman–Crippen LogP) is 3.39. The van der Waals surface area contributed by atoms with Gasteiger partial charge >= 0.3 is 0 Å². The molecule has 2 fully saturated rings. The van der Waals surface area contributed by atoms with E-state index in [0.717, 1.165) is 5.92 Å². The molecular formula is C11H18. The molecule has 0 nitrogen and oxygen atoms in total. The maximum Gasteiger partial charge on any atom is -0.00650 e. The third kappa shape index (κ3) is 0.617. The van der Waals surface area contributed by atoms with Crippen LogP contribution in [0, 0.1) is 16.7 Å². The molecule has 0 aromatic carbocycles. The molecule has 2 rings (SSSR count). The summed E-state index contributed by atoms with van der Waals surface area (Å²) in [4.78, 5) is 0. The van der Waals surface area contributed by atoms with Crippen molar-refractivity contribution in [2.24, 2.45) is 16.7 Å². The largest absolute Gasteiger partial charge is 0.0993 e. The van der Waals surface area contributed by atoms with Crippen LogP contribution in [-0.4, -0.2) is 0 Å². The normalized spacial score (nSPS) is 46.8. The maximum atomic E-state index is 4.20. The van der Waals surface area contributed by atoms with Crippen LogP contribution < -0.4 is 0 Å². The molecule has 2 atom stereocenters. The monoisotopic (exact) mass is 150 g/mol. The van der Waals surface area contributed by atoms with Crippen LogP contribution in [-0.2, 0) is 0 Å². The zero-order chi connectivity index (χ0) is 8.28. The highest BCUT2D eigenvalue weighted by Crippen LogP contribution is 2.67. The van der Waals surface area contributed by atoms with Crippen LogP contribution in [0.15, 0.2) is 12.2 Å². The summed E-state index contributed by atoms with van der Waals surface area (Å²) in [5, 5.41) is 0. The lowest BCUT2D eigenvalue weighted by molar-refractivity contribution is 0.179. The highest BCUT2D eigenvalue weighted by Gasteiger charge is 2.57. The Morgan fingerprint density at radius 2 is 2.00 bits per heavy atom. The van der Waals surface area contributed by atoms with Crippen LogP contribution in [0.2, 0.25) is 0 Å². The van der Waals surface area contributed by atoms with Gasteiger partial charge in [0.15, 0.2) is 0 Å². The summed E-state index contributed by atoms with van der Waals surface area (Å²) in [5.41, 5.74) is 2.51. The van der Waals surface area contributed by atoms with E-state index in [2.05, 4.69) is 27.4 Å². The van der Waals surface area contributed by atoms with Crippen LogP contribution in [0.1, 0.15) is 40.0 Å². The second-order valence-corrected chi connectivity index (χ2v) is 5.10. The molecule has 0 heterocycles. The zero-order valence-corrected chi connectivity index (χ0v) is 7.91. The molecule has 0 heteroatoms. The van der Waals surface area contributed by atoms with E-state index in [-0.39, 0.29) is 0 Å². The van der Waals surface area contributed by atoms with Gasteiger partial charge in [-0.2, -0.15) is 0 Å². The molecule has 2 saturated carbocycles. The van der Waals surface area contributed by atoms with Gasteiger partial charge in [0, 0.05) is 0 Å². The van der Waals surface area contributed by atoms with Crippen molar-refractivity contribution in [3.05, 3.63) is 12.2 Å². The van der Waals surface area contributed by atoms with Gasteiger partial charge < -0.3 is 0 Å². The minimum absolute atomic E-state index is 0.470. The quantitative estimate of drug-likeness (QED) is 0.464. The zero-order valence-electron chi connectivity index (χ0n) is 7.91. The molecule has 0 aromatic heterocycles. The van der Waals surface area contributed by atoms with Crippen molar-refractivity contribution in [3.63, 3.8) is 0 Å². The summed E-state index contributed by atoms with van der Waals surface area (Å²) < 4.78 is 0. The first kappa shape index (κ1) is 7.39. The van der Waals surface area contributed by atoms with Gasteiger partial charge in [-0.3, -0.25) is 0 Å². The molecule has 62 valence electrons. The van der Waals surface area contributed by atoms with E-state index in [4.69, 9.17) is 0 Å². The number of fused-ring (bicyclic) bond motifs is 2. The molecule has 0 spiro atoms. The Kier molecular flexibility index (Phi) is 1.16. The van der Waals surface area contributed by atoms with E-state index >= 15 is 0 Å². The highest BCUT2D eigenvalue weighted by atomic mass is 14.6. The molecule has 2 aliphatic carbocycles. The van der Waals surface area contributed by atoms with Crippen molar-refractivity contribution in [2.75, 3.05) is 0 Å². The summed E-state index contributed by atoms with van der Waals surface area (Å²) >= 11 is 0. The molecule has 11 heavy (non-hydrogen) atoms. The van der Waals surface area contributed by atoms with Gasteiger partial charge in [-0.1, -0.05) is 32.9 Å². The van der Waals surface area contributed by atoms with E-state index < -0.39 is 0 Å². The van der Waals surface area contributed by atoms with Gasteiger partial charge in [-0.25, -0.2) is 0 Å². The van der Waals surface area contributed by atoms with Gasteiger partial charge in [0.05, 0.1) is 0 Å². The van der Waals surface area contributed by atoms with E-state index in [1.165, 1.54) is 24.8 Å². The molecule has 2 bridgehead atoms. The SMILES string of the molecule is C=C1C[C@H]2CC[C@@]1(C)C2(C)C. The fourth-order valence-corrected chi connectivity index (χ4v) is 3.11. The Hall–Kier alpha value is -0.260. The molecule has 0 unspecified atom stereocenters. The number of hydrogen-bond acceptors (Lipinski definition) is 0. The minimum Gasteiger partial charge on any atom is -0.0993 e. The second-order valence-electron chi connectivity index (χ2n) is 5.10. The fourth-order valence-electron chi connectivity index (χ4n) is 3.11. The molecule has 0 radical (unpaired) electrons. The topological polar surface area (TPSA) is 0 Å². The average Bonchev–Trinajstić information content (AvgIpc) is 2.20. The Bertz CT molecular complexity index is 212. The summed E-state index contributed by atoms with van der Waals surface area (Å²) in [5.74, 6) is 0.931. The maximum absolute atomic E-state index is 4.20. The third-order valence-corrected chi connectivity index (χ3v) is 4.71. The van der Waals surface area contributed by atoms with E-state index in [9.17, 15) is 0 Å². The molecule has 0 N–H and O–H groups in total. The van der Waals surface area contributed by atoms with Crippen molar-refractivity contribution in [2.45, 2.75) is 40.0 Å². The van der Waals surface area contributed by atoms with E-state index in [1.807, 2.05) is 0 Å². The molecular weight excluding hydrogens is 132 g/mol. The van der Waals surface area contributed by atoms with Crippen molar-refractivity contribution in [3.8, 4) is 0 Å². The first-order chi connectivity index (χ1) is 4.98. The van der Waals surface area contributed by atoms with Crippen LogP contribution >= 0.6 is 0 Å². The lowest BCUT2D eigenvalue weighted by atomic mass is 9.69. The first-order valence-electron chi connectivity index (χ1n) is 4.67. The second kappa shape index (κ2) is 1.73. The van der Waals surface area contributed by atoms with Gasteiger partial charge in [0.25, 0.3) is 0 Å². The molecule has 0 saturated heterocycles. The Balaban J connectivity index is 2.47. The average molecular weight is 150 g/mol. The molecule has 0 amide bonds. The van der Waals surface area contributed by atoms with Crippen LogP contribution in [0.4, 0.5) is 0 Å². The summed E-state index contributed by atoms with van der Waals surface area (Å²) in [6, 6.07) is 0. The van der Waals surface area contributed by atoms with Gasteiger partial charge in [0.2, 0.25) is 0 Å². The van der Waals surface area contributed by atoms with Crippen LogP contribution in [0.3, 0.4) is 0 Å². The van der Waals surface area contributed by atoms with Crippen molar-refractivity contribution < 1.29 is 0 Å². The highest BCUT2D eigenvalue weighted by molar-refractivity contribution is 5.26. The van der Waals surface area contributed by atoms with Crippen molar-refractivity contribution in [1.29, 1.82) is 0 Å². The Morgan fingerprint density at radius 1 is 1.36 bits per heavy atom. The van der Waals surface area contributed by atoms with E-state index in [1.54, 1.807) is 0 Å². The standard InChI is InChI=1S/C11H18/c1-8-7-9-5-6-11(8,4)10(9,2)3/h9H,1,5-7H2,2-4H3/t9-,11-/m1/s1. The lowest BCUT2D eigenvalue weighted by Crippen LogP contribution is -2.27. The van der Waals surface area contributed by atoms with Crippen LogP contribution in [0.5, 0.6) is 0 Å². The molecule has 0 aliphatic heterocycles. The number of allylic oxidation sites excluding steroid dienone is 1. The van der Waals surface area contributed by atoms with Crippen molar-refractivity contribution >= 4 is 0 Å². The molecule has 2 aliphatic rings. The molecule has 0 aromatic rings. The summed E-state index contributed by atoms with van der Waals surface area (Å²) in [7, 11) is 0.